The third-order valence-electron chi connectivity index (χ3n) is 4.12. The van der Waals surface area contributed by atoms with Gasteiger partial charge in [0.1, 0.15) is 0 Å². The molecule has 0 unspecified atom stereocenters. The van der Waals surface area contributed by atoms with Gasteiger partial charge in [0.25, 0.3) is 0 Å². The van der Waals surface area contributed by atoms with Crippen LogP contribution >= 0.6 is 0 Å². The lowest BCUT2D eigenvalue weighted by Gasteiger charge is -2.12. The van der Waals surface area contributed by atoms with Crippen molar-refractivity contribution >= 4 is 11.9 Å². The van der Waals surface area contributed by atoms with E-state index in [1.807, 2.05) is 47.9 Å². The number of nitrogens with zero attached hydrogens (tertiary/aromatic N) is 1. The van der Waals surface area contributed by atoms with Gasteiger partial charge in [-0.25, -0.2) is 9.59 Å². The zero-order valence-electron chi connectivity index (χ0n) is 14.9. The molecule has 132 valence electrons. The van der Waals surface area contributed by atoms with Gasteiger partial charge < -0.3 is 14.0 Å². The minimum absolute atomic E-state index is 0.256. The Bertz CT molecular complexity index is 775. The summed E-state index contributed by atoms with van der Waals surface area (Å²) in [6.07, 6.45) is 4.07. The van der Waals surface area contributed by atoms with Gasteiger partial charge >= 0.3 is 11.9 Å². The summed E-state index contributed by atoms with van der Waals surface area (Å²) in [6, 6.07) is 9.62. The molecule has 0 N–H and O–H groups in total. The van der Waals surface area contributed by atoms with Gasteiger partial charge in [-0.2, -0.15) is 0 Å². The highest BCUT2D eigenvalue weighted by molar-refractivity contribution is 6.05. The first kappa shape index (κ1) is 18.5. The molecule has 0 spiro atoms. The highest BCUT2D eigenvalue weighted by Gasteiger charge is 2.30. The van der Waals surface area contributed by atoms with Crippen LogP contribution in [0.4, 0.5) is 0 Å². The number of para-hydroxylation sites is 1. The molecule has 0 bridgehead atoms. The molecule has 0 aliphatic rings. The SMILES string of the molecule is C=CCCCc1c(C(=O)OC)c(C(=O)OC)c(C)n1-c1ccccc1. The van der Waals surface area contributed by atoms with Gasteiger partial charge in [0.05, 0.1) is 25.3 Å². The Hall–Kier alpha value is -2.82. The normalized spacial score (nSPS) is 10.4. The van der Waals surface area contributed by atoms with Crippen molar-refractivity contribution in [2.75, 3.05) is 14.2 Å². The Kier molecular flexibility index (Phi) is 6.17. The van der Waals surface area contributed by atoms with Gasteiger partial charge in [-0.15, -0.1) is 6.58 Å². The second-order valence-electron chi connectivity index (χ2n) is 5.62. The predicted octanol–water partition coefficient (Wildman–Crippen LogP) is 3.87. The van der Waals surface area contributed by atoms with Crippen molar-refractivity contribution in [1.82, 2.24) is 4.57 Å². The van der Waals surface area contributed by atoms with Crippen LogP contribution in [0.1, 0.15) is 44.9 Å². The van der Waals surface area contributed by atoms with Crippen LogP contribution in [-0.2, 0) is 15.9 Å². The highest BCUT2D eigenvalue weighted by Crippen LogP contribution is 2.29. The van der Waals surface area contributed by atoms with E-state index in [4.69, 9.17) is 9.47 Å². The second kappa shape index (κ2) is 8.33. The first-order chi connectivity index (χ1) is 12.1. The van der Waals surface area contributed by atoms with Crippen molar-refractivity contribution in [2.45, 2.75) is 26.2 Å². The Morgan fingerprint density at radius 3 is 2.24 bits per heavy atom. The fourth-order valence-electron chi connectivity index (χ4n) is 3.00. The average Bonchev–Trinajstić information content (AvgIpc) is 2.93. The van der Waals surface area contributed by atoms with Crippen molar-refractivity contribution in [2.24, 2.45) is 0 Å². The molecule has 0 fully saturated rings. The van der Waals surface area contributed by atoms with E-state index in [0.29, 0.717) is 12.1 Å². The molecule has 0 amide bonds. The molecule has 1 aromatic carbocycles. The topological polar surface area (TPSA) is 57.5 Å². The molecule has 25 heavy (non-hydrogen) atoms. The molecule has 1 aromatic heterocycles. The third-order valence-corrected chi connectivity index (χ3v) is 4.12. The molecule has 0 saturated heterocycles. The number of rotatable bonds is 7. The first-order valence-corrected chi connectivity index (χ1v) is 8.13. The van der Waals surface area contributed by atoms with Crippen molar-refractivity contribution < 1.29 is 19.1 Å². The standard InChI is InChI=1S/C20H23NO4/c1-5-6-8-13-16-18(20(23)25-4)17(19(22)24-3)14(2)21(16)15-11-9-7-10-12-15/h5,7,9-12H,1,6,8,13H2,2-4H3. The van der Waals surface area contributed by atoms with E-state index in [0.717, 1.165) is 24.2 Å². The highest BCUT2D eigenvalue weighted by atomic mass is 16.5. The largest absolute Gasteiger partial charge is 0.465 e. The van der Waals surface area contributed by atoms with Crippen molar-refractivity contribution in [1.29, 1.82) is 0 Å². The number of unbranched alkanes of at least 4 members (excludes halogenated alkanes) is 1. The Balaban J connectivity index is 2.75. The molecule has 5 nitrogen and oxygen atoms in total. The molecule has 0 saturated carbocycles. The molecule has 1 heterocycles. The van der Waals surface area contributed by atoms with E-state index in [-0.39, 0.29) is 11.1 Å². The molecule has 2 rings (SSSR count). The molecular weight excluding hydrogens is 318 g/mol. The van der Waals surface area contributed by atoms with Crippen LogP contribution in [0.15, 0.2) is 43.0 Å². The number of carbonyl (C=O) groups is 2. The Labute approximate surface area is 147 Å². The number of carbonyl (C=O) groups excluding carboxylic acids is 2. The Morgan fingerprint density at radius 1 is 1.08 bits per heavy atom. The molecule has 0 atom stereocenters. The summed E-state index contributed by atoms with van der Waals surface area (Å²) in [6.45, 7) is 5.55. The summed E-state index contributed by atoms with van der Waals surface area (Å²) < 4.78 is 11.8. The van der Waals surface area contributed by atoms with E-state index in [1.54, 1.807) is 0 Å². The first-order valence-electron chi connectivity index (χ1n) is 8.13. The van der Waals surface area contributed by atoms with Crippen LogP contribution < -0.4 is 0 Å². The van der Waals surface area contributed by atoms with Crippen LogP contribution in [0.25, 0.3) is 5.69 Å². The number of ether oxygens (including phenoxy) is 2. The molecule has 0 radical (unpaired) electrons. The number of aromatic nitrogens is 1. The summed E-state index contributed by atoms with van der Waals surface area (Å²) in [4.78, 5) is 24.8. The maximum Gasteiger partial charge on any atom is 0.340 e. The molecule has 0 aliphatic carbocycles. The van der Waals surface area contributed by atoms with E-state index in [1.165, 1.54) is 14.2 Å². The lowest BCUT2D eigenvalue weighted by Crippen LogP contribution is -2.12. The van der Waals surface area contributed by atoms with Crippen molar-refractivity contribution in [3.8, 4) is 5.69 Å². The summed E-state index contributed by atoms with van der Waals surface area (Å²) in [7, 11) is 2.62. The monoisotopic (exact) mass is 341 g/mol. The lowest BCUT2D eigenvalue weighted by atomic mass is 10.1. The number of esters is 2. The van der Waals surface area contributed by atoms with E-state index in [9.17, 15) is 9.59 Å². The zero-order valence-corrected chi connectivity index (χ0v) is 14.9. The summed E-state index contributed by atoms with van der Waals surface area (Å²) >= 11 is 0. The van der Waals surface area contributed by atoms with E-state index in [2.05, 4.69) is 6.58 Å². The minimum Gasteiger partial charge on any atom is -0.465 e. The summed E-state index contributed by atoms with van der Waals surface area (Å²) in [5, 5.41) is 0. The number of allylic oxidation sites excluding steroid dienone is 1. The molecule has 2 aromatic rings. The van der Waals surface area contributed by atoms with E-state index < -0.39 is 11.9 Å². The smallest absolute Gasteiger partial charge is 0.340 e. The fraction of sp³-hybridized carbons (Fsp3) is 0.300. The van der Waals surface area contributed by atoms with Gasteiger partial charge in [0.2, 0.25) is 0 Å². The zero-order chi connectivity index (χ0) is 18.4. The molecule has 0 aliphatic heterocycles. The van der Waals surface area contributed by atoms with Gasteiger partial charge in [-0.1, -0.05) is 24.3 Å². The van der Waals surface area contributed by atoms with Crippen LogP contribution in [0.2, 0.25) is 0 Å². The summed E-state index contributed by atoms with van der Waals surface area (Å²) in [5.74, 6) is -1.08. The van der Waals surface area contributed by atoms with Gasteiger partial charge in [-0.3, -0.25) is 0 Å². The lowest BCUT2D eigenvalue weighted by molar-refractivity contribution is 0.0555. The van der Waals surface area contributed by atoms with Crippen LogP contribution in [0.3, 0.4) is 0 Å². The predicted molar refractivity (Wildman–Crippen MR) is 96.3 cm³/mol. The number of hydrogen-bond acceptors (Lipinski definition) is 4. The van der Waals surface area contributed by atoms with Gasteiger partial charge in [-0.05, 0) is 38.3 Å². The minimum atomic E-state index is -0.544. The number of methoxy groups -OCH3 is 2. The van der Waals surface area contributed by atoms with Crippen molar-refractivity contribution in [3.63, 3.8) is 0 Å². The average molecular weight is 341 g/mol. The summed E-state index contributed by atoms with van der Waals surface area (Å²) in [5.41, 5.74) is 2.82. The Morgan fingerprint density at radius 2 is 1.68 bits per heavy atom. The second-order valence-corrected chi connectivity index (χ2v) is 5.62. The van der Waals surface area contributed by atoms with Gasteiger partial charge in [0, 0.05) is 17.1 Å². The van der Waals surface area contributed by atoms with Gasteiger partial charge in [0.15, 0.2) is 0 Å². The van der Waals surface area contributed by atoms with Crippen molar-refractivity contribution in [3.05, 3.63) is 65.5 Å². The van der Waals surface area contributed by atoms with Crippen LogP contribution in [-0.4, -0.2) is 30.7 Å². The maximum atomic E-state index is 12.4. The third kappa shape index (κ3) is 3.65. The maximum absolute atomic E-state index is 12.4. The van der Waals surface area contributed by atoms with Crippen LogP contribution in [0.5, 0.6) is 0 Å². The number of benzene rings is 1. The fourth-order valence-corrected chi connectivity index (χ4v) is 3.00. The molecule has 5 heteroatoms. The number of hydrogen-bond donors (Lipinski definition) is 0. The quantitative estimate of drug-likeness (QED) is 0.436. The van der Waals surface area contributed by atoms with E-state index >= 15 is 0 Å². The molecular formula is C20H23NO4. The van der Waals surface area contributed by atoms with Crippen LogP contribution in [0, 0.1) is 6.92 Å².